The smallest absolute Gasteiger partial charge is 0.244 e. The maximum Gasteiger partial charge on any atom is 0.244 e. The Bertz CT molecular complexity index is 658. The summed E-state index contributed by atoms with van der Waals surface area (Å²) in [6.07, 6.45) is 0. The van der Waals surface area contributed by atoms with Crippen LogP contribution in [0.1, 0.15) is 0 Å². The van der Waals surface area contributed by atoms with Gasteiger partial charge in [0.1, 0.15) is 6.54 Å². The first-order chi connectivity index (χ1) is 9.13. The second-order valence-electron chi connectivity index (χ2n) is 4.28. The van der Waals surface area contributed by atoms with Crippen LogP contribution in [0.25, 0.3) is 0 Å². The molecule has 0 unspecified atom stereocenters. The molecule has 0 radical (unpaired) electrons. The summed E-state index contributed by atoms with van der Waals surface area (Å²) in [5, 5.41) is 4.04. The van der Waals surface area contributed by atoms with Gasteiger partial charge in [0.05, 0.1) is 11.4 Å². The van der Waals surface area contributed by atoms with Gasteiger partial charge in [-0.05, 0) is 36.4 Å². The summed E-state index contributed by atoms with van der Waals surface area (Å²) < 4.78 is 0. The summed E-state index contributed by atoms with van der Waals surface area (Å²) in [5.41, 5.74) is 2.50. The van der Waals surface area contributed by atoms with E-state index in [0.29, 0.717) is 15.7 Å². The van der Waals surface area contributed by atoms with Crippen molar-refractivity contribution >= 4 is 46.2 Å². The second-order valence-corrected chi connectivity index (χ2v) is 5.15. The van der Waals surface area contributed by atoms with Crippen LogP contribution >= 0.6 is 23.2 Å². The Balaban J connectivity index is 2.11. The molecule has 0 saturated carbocycles. The van der Waals surface area contributed by atoms with E-state index in [4.69, 9.17) is 23.2 Å². The SMILES string of the molecule is O=C1CN(c2cccc(Cl)c2)c2ccc(Cl)cc2N1. The topological polar surface area (TPSA) is 32.3 Å². The van der Waals surface area contributed by atoms with Crippen LogP contribution in [0.5, 0.6) is 0 Å². The lowest BCUT2D eigenvalue weighted by Gasteiger charge is -2.31. The Labute approximate surface area is 120 Å². The van der Waals surface area contributed by atoms with Gasteiger partial charge in [0.25, 0.3) is 0 Å². The zero-order valence-electron chi connectivity index (χ0n) is 9.86. The Morgan fingerprint density at radius 1 is 1.05 bits per heavy atom. The Hall–Kier alpha value is -1.71. The van der Waals surface area contributed by atoms with Crippen molar-refractivity contribution in [2.45, 2.75) is 0 Å². The minimum absolute atomic E-state index is 0.0743. The minimum Gasteiger partial charge on any atom is -0.330 e. The average molecular weight is 293 g/mol. The molecule has 96 valence electrons. The number of benzene rings is 2. The molecule has 1 N–H and O–H groups in total. The zero-order valence-corrected chi connectivity index (χ0v) is 11.4. The molecule has 1 aliphatic heterocycles. The number of rotatable bonds is 1. The Kier molecular flexibility index (Phi) is 3.09. The van der Waals surface area contributed by atoms with Crippen molar-refractivity contribution in [3.63, 3.8) is 0 Å². The van der Waals surface area contributed by atoms with Gasteiger partial charge < -0.3 is 10.2 Å². The third kappa shape index (κ3) is 2.39. The highest BCUT2D eigenvalue weighted by Gasteiger charge is 2.23. The van der Waals surface area contributed by atoms with Crippen molar-refractivity contribution in [1.82, 2.24) is 0 Å². The van der Waals surface area contributed by atoms with Crippen molar-refractivity contribution < 1.29 is 4.79 Å². The van der Waals surface area contributed by atoms with Gasteiger partial charge in [0, 0.05) is 15.7 Å². The summed E-state index contributed by atoms with van der Waals surface area (Å²) >= 11 is 12.0. The van der Waals surface area contributed by atoms with Crippen molar-refractivity contribution in [3.05, 3.63) is 52.5 Å². The van der Waals surface area contributed by atoms with Crippen LogP contribution in [0.15, 0.2) is 42.5 Å². The van der Waals surface area contributed by atoms with Gasteiger partial charge in [-0.2, -0.15) is 0 Å². The molecular weight excluding hydrogens is 283 g/mol. The first-order valence-corrected chi connectivity index (χ1v) is 6.51. The number of halogens is 2. The first kappa shape index (κ1) is 12.3. The number of hydrogen-bond donors (Lipinski definition) is 1. The number of amides is 1. The summed E-state index contributed by atoms with van der Waals surface area (Å²) in [7, 11) is 0. The zero-order chi connectivity index (χ0) is 13.4. The quantitative estimate of drug-likeness (QED) is 0.859. The fraction of sp³-hybridized carbons (Fsp3) is 0.0714. The molecular formula is C14H10Cl2N2O. The Morgan fingerprint density at radius 3 is 2.63 bits per heavy atom. The second kappa shape index (κ2) is 4.76. The van der Waals surface area contributed by atoms with Crippen LogP contribution < -0.4 is 10.2 Å². The molecule has 1 aliphatic rings. The molecule has 3 nitrogen and oxygen atoms in total. The van der Waals surface area contributed by atoms with Crippen molar-refractivity contribution in [2.75, 3.05) is 16.8 Å². The molecule has 3 rings (SSSR count). The highest BCUT2D eigenvalue weighted by Crippen LogP contribution is 2.37. The van der Waals surface area contributed by atoms with E-state index < -0.39 is 0 Å². The van der Waals surface area contributed by atoms with Crippen LogP contribution in [-0.2, 0) is 4.79 Å². The maximum atomic E-state index is 11.8. The molecule has 19 heavy (non-hydrogen) atoms. The van der Waals surface area contributed by atoms with E-state index in [1.807, 2.05) is 29.2 Å². The number of hydrogen-bond acceptors (Lipinski definition) is 2. The molecule has 0 bridgehead atoms. The molecule has 1 amide bonds. The molecule has 0 aromatic heterocycles. The van der Waals surface area contributed by atoms with Crippen LogP contribution in [0.2, 0.25) is 10.0 Å². The molecule has 2 aromatic rings. The normalized spacial score (nSPS) is 14.0. The van der Waals surface area contributed by atoms with Gasteiger partial charge >= 0.3 is 0 Å². The van der Waals surface area contributed by atoms with E-state index in [9.17, 15) is 4.79 Å². The van der Waals surface area contributed by atoms with Crippen LogP contribution in [0.4, 0.5) is 17.1 Å². The number of carbonyl (C=O) groups excluding carboxylic acids is 1. The number of anilines is 3. The van der Waals surface area contributed by atoms with Gasteiger partial charge in [-0.15, -0.1) is 0 Å². The molecule has 0 fully saturated rings. The van der Waals surface area contributed by atoms with Crippen molar-refractivity contribution in [1.29, 1.82) is 0 Å². The lowest BCUT2D eigenvalue weighted by molar-refractivity contribution is -0.115. The summed E-state index contributed by atoms with van der Waals surface area (Å²) in [4.78, 5) is 13.7. The molecule has 1 heterocycles. The van der Waals surface area contributed by atoms with E-state index in [0.717, 1.165) is 11.4 Å². The lowest BCUT2D eigenvalue weighted by Crippen LogP contribution is -2.34. The monoisotopic (exact) mass is 292 g/mol. The van der Waals surface area contributed by atoms with E-state index in [1.54, 1.807) is 18.2 Å². The van der Waals surface area contributed by atoms with Gasteiger partial charge in [-0.3, -0.25) is 4.79 Å². The van der Waals surface area contributed by atoms with Gasteiger partial charge in [0.15, 0.2) is 0 Å². The van der Waals surface area contributed by atoms with E-state index in [1.165, 1.54) is 0 Å². The first-order valence-electron chi connectivity index (χ1n) is 5.76. The number of carbonyl (C=O) groups is 1. The predicted octanol–water partition coefficient (Wildman–Crippen LogP) is 4.08. The maximum absolute atomic E-state index is 11.8. The number of nitrogens with zero attached hydrogens (tertiary/aromatic N) is 1. The third-order valence-corrected chi connectivity index (χ3v) is 3.42. The number of nitrogens with one attached hydrogen (secondary N) is 1. The summed E-state index contributed by atoms with van der Waals surface area (Å²) in [6.45, 7) is 0.259. The fourth-order valence-corrected chi connectivity index (χ4v) is 2.49. The van der Waals surface area contributed by atoms with Gasteiger partial charge in [0.2, 0.25) is 5.91 Å². The molecule has 0 saturated heterocycles. The largest absolute Gasteiger partial charge is 0.330 e. The summed E-state index contributed by atoms with van der Waals surface area (Å²) in [6, 6.07) is 12.8. The molecule has 0 aliphatic carbocycles. The molecule has 0 atom stereocenters. The standard InChI is InChI=1S/C14H10Cl2N2O/c15-9-2-1-3-11(6-9)18-8-14(19)17-12-7-10(16)4-5-13(12)18/h1-7H,8H2,(H,17,19). The Morgan fingerprint density at radius 2 is 1.84 bits per heavy atom. The molecule has 0 spiro atoms. The van der Waals surface area contributed by atoms with Crippen LogP contribution in [0.3, 0.4) is 0 Å². The van der Waals surface area contributed by atoms with E-state index in [2.05, 4.69) is 5.32 Å². The minimum atomic E-state index is -0.0743. The van der Waals surface area contributed by atoms with E-state index in [-0.39, 0.29) is 12.5 Å². The lowest BCUT2D eigenvalue weighted by atomic mass is 10.1. The predicted molar refractivity (Wildman–Crippen MR) is 78.5 cm³/mol. The molecule has 2 aromatic carbocycles. The van der Waals surface area contributed by atoms with Crippen LogP contribution in [0, 0.1) is 0 Å². The van der Waals surface area contributed by atoms with Gasteiger partial charge in [-0.25, -0.2) is 0 Å². The summed E-state index contributed by atoms with van der Waals surface area (Å²) in [5.74, 6) is -0.0743. The van der Waals surface area contributed by atoms with Gasteiger partial charge in [-0.1, -0.05) is 29.3 Å². The van der Waals surface area contributed by atoms with Crippen molar-refractivity contribution in [2.24, 2.45) is 0 Å². The molecule has 5 heteroatoms. The van der Waals surface area contributed by atoms with Crippen molar-refractivity contribution in [3.8, 4) is 0 Å². The van der Waals surface area contributed by atoms with Crippen LogP contribution in [-0.4, -0.2) is 12.5 Å². The highest BCUT2D eigenvalue weighted by molar-refractivity contribution is 6.31. The average Bonchev–Trinajstić information content (AvgIpc) is 2.37. The third-order valence-electron chi connectivity index (χ3n) is 2.95. The fourth-order valence-electron chi connectivity index (χ4n) is 2.14. The highest BCUT2D eigenvalue weighted by atomic mass is 35.5. The van der Waals surface area contributed by atoms with E-state index >= 15 is 0 Å². The number of fused-ring (bicyclic) bond motifs is 1.